The van der Waals surface area contributed by atoms with E-state index < -0.39 is 9.05 Å². The fourth-order valence-corrected chi connectivity index (χ4v) is 4.10. The summed E-state index contributed by atoms with van der Waals surface area (Å²) in [4.78, 5) is 14.5. The van der Waals surface area contributed by atoms with E-state index in [2.05, 4.69) is 22.9 Å². The second kappa shape index (κ2) is 6.26. The number of carbonyl (C=O) groups excluding carboxylic acids is 1. The maximum absolute atomic E-state index is 12.7. The van der Waals surface area contributed by atoms with Crippen molar-refractivity contribution < 1.29 is 13.2 Å². The Morgan fingerprint density at radius 1 is 1.48 bits per heavy atom. The minimum Gasteiger partial charge on any atom is -0.336 e. The molecule has 116 valence electrons. The Balaban J connectivity index is 2.48. The fraction of sp³-hybridized carbons (Fsp3) is 0.500. The lowest BCUT2D eigenvalue weighted by Gasteiger charge is -2.25. The number of carbonyl (C=O) groups is 1. The topological polar surface area (TPSA) is 54.5 Å². The number of amides is 1. The van der Waals surface area contributed by atoms with Gasteiger partial charge in [-0.3, -0.25) is 4.79 Å². The lowest BCUT2D eigenvalue weighted by molar-refractivity contribution is 0.0732. The highest BCUT2D eigenvalue weighted by atomic mass is 79.9. The second-order valence-corrected chi connectivity index (χ2v) is 8.64. The van der Waals surface area contributed by atoms with Crippen molar-refractivity contribution in [1.82, 2.24) is 4.90 Å². The summed E-state index contributed by atoms with van der Waals surface area (Å²) in [6.07, 6.45) is 2.88. The zero-order chi connectivity index (χ0) is 15.8. The molecule has 7 heteroatoms. The van der Waals surface area contributed by atoms with Gasteiger partial charge in [0.2, 0.25) is 0 Å². The lowest BCUT2D eigenvalue weighted by atomic mass is 10.1. The molecule has 1 aliphatic heterocycles. The molecule has 0 aromatic heterocycles. The normalized spacial score (nSPS) is 19.0. The van der Waals surface area contributed by atoms with Crippen LogP contribution in [0.25, 0.3) is 0 Å². The van der Waals surface area contributed by atoms with Gasteiger partial charge in [-0.2, -0.15) is 0 Å². The Kier molecular flexibility index (Phi) is 5.00. The predicted octanol–water partition coefficient (Wildman–Crippen LogP) is 3.70. The van der Waals surface area contributed by atoms with E-state index in [0.717, 1.165) is 24.8 Å². The third-order valence-electron chi connectivity index (χ3n) is 3.94. The molecule has 1 heterocycles. The molecule has 1 unspecified atom stereocenters. The average Bonchev–Trinajstić information content (AvgIpc) is 2.88. The molecular formula is C14H17BrClNO3S. The summed E-state index contributed by atoms with van der Waals surface area (Å²) >= 11 is 3.30. The van der Waals surface area contributed by atoms with E-state index in [-0.39, 0.29) is 16.8 Å². The number of nitrogens with zero attached hydrogens (tertiary/aromatic N) is 1. The van der Waals surface area contributed by atoms with Crippen LogP contribution in [0.3, 0.4) is 0 Å². The molecular weight excluding hydrogens is 378 g/mol. The van der Waals surface area contributed by atoms with E-state index in [0.29, 0.717) is 16.6 Å². The van der Waals surface area contributed by atoms with Gasteiger partial charge in [0.1, 0.15) is 0 Å². The van der Waals surface area contributed by atoms with E-state index in [4.69, 9.17) is 10.7 Å². The first kappa shape index (κ1) is 16.8. The Morgan fingerprint density at radius 3 is 2.71 bits per heavy atom. The van der Waals surface area contributed by atoms with Crippen LogP contribution in [0.2, 0.25) is 0 Å². The first-order valence-electron chi connectivity index (χ1n) is 6.81. The minimum absolute atomic E-state index is 0.0581. The first-order chi connectivity index (χ1) is 9.75. The van der Waals surface area contributed by atoms with Crippen molar-refractivity contribution in [2.24, 2.45) is 0 Å². The highest BCUT2D eigenvalue weighted by Crippen LogP contribution is 2.30. The van der Waals surface area contributed by atoms with Crippen LogP contribution in [0, 0.1) is 6.92 Å². The van der Waals surface area contributed by atoms with Crippen LogP contribution < -0.4 is 0 Å². The van der Waals surface area contributed by atoms with Crippen molar-refractivity contribution in [3.63, 3.8) is 0 Å². The van der Waals surface area contributed by atoms with Crippen LogP contribution in [-0.4, -0.2) is 31.8 Å². The van der Waals surface area contributed by atoms with Gasteiger partial charge in [-0.25, -0.2) is 8.42 Å². The number of halogens is 2. The predicted molar refractivity (Wildman–Crippen MR) is 86.3 cm³/mol. The SMILES string of the molecule is CCC1CCCN1C(=O)c1cc(S(=O)(=O)Cl)cc(Br)c1C. The Bertz CT molecular complexity index is 675. The Morgan fingerprint density at radius 2 is 2.14 bits per heavy atom. The van der Waals surface area contributed by atoms with E-state index in [9.17, 15) is 13.2 Å². The van der Waals surface area contributed by atoms with E-state index in [1.54, 1.807) is 6.92 Å². The zero-order valence-corrected chi connectivity index (χ0v) is 15.1. The van der Waals surface area contributed by atoms with Crippen molar-refractivity contribution in [3.8, 4) is 0 Å². The molecule has 1 aliphatic rings. The monoisotopic (exact) mass is 393 g/mol. The fourth-order valence-electron chi connectivity index (χ4n) is 2.70. The molecule has 2 rings (SSSR count). The number of hydrogen-bond donors (Lipinski definition) is 0. The van der Waals surface area contributed by atoms with Crippen molar-refractivity contribution >= 4 is 41.6 Å². The molecule has 0 spiro atoms. The third kappa shape index (κ3) is 3.43. The standard InChI is InChI=1S/C14H17BrClNO3S/c1-3-10-5-4-6-17(10)14(18)12-7-11(21(16,19)20)8-13(15)9(12)2/h7-8,10H,3-6H2,1-2H3. The largest absolute Gasteiger partial charge is 0.336 e. The number of benzene rings is 1. The summed E-state index contributed by atoms with van der Waals surface area (Å²) in [7, 11) is 1.53. The highest BCUT2D eigenvalue weighted by Gasteiger charge is 2.30. The van der Waals surface area contributed by atoms with Gasteiger partial charge in [-0.15, -0.1) is 0 Å². The Hall–Kier alpha value is -0.590. The first-order valence-corrected chi connectivity index (χ1v) is 9.91. The van der Waals surface area contributed by atoms with Gasteiger partial charge in [0.25, 0.3) is 15.0 Å². The van der Waals surface area contributed by atoms with Gasteiger partial charge in [0.05, 0.1) is 4.90 Å². The van der Waals surface area contributed by atoms with E-state index >= 15 is 0 Å². The summed E-state index contributed by atoms with van der Waals surface area (Å²) in [6, 6.07) is 3.03. The van der Waals surface area contributed by atoms with Crippen LogP contribution in [0.15, 0.2) is 21.5 Å². The van der Waals surface area contributed by atoms with Crippen LogP contribution in [0.4, 0.5) is 0 Å². The minimum atomic E-state index is -3.87. The Labute approximate surface area is 138 Å². The molecule has 4 nitrogen and oxygen atoms in total. The van der Waals surface area contributed by atoms with Gasteiger partial charge < -0.3 is 4.90 Å². The second-order valence-electron chi connectivity index (χ2n) is 5.22. The molecule has 1 amide bonds. The van der Waals surface area contributed by atoms with Crippen LogP contribution in [-0.2, 0) is 9.05 Å². The third-order valence-corrected chi connectivity index (χ3v) is 6.10. The summed E-state index contributed by atoms with van der Waals surface area (Å²) in [6.45, 7) is 4.56. The summed E-state index contributed by atoms with van der Waals surface area (Å²) in [5.74, 6) is -0.125. The zero-order valence-electron chi connectivity index (χ0n) is 11.9. The molecule has 1 saturated heterocycles. The van der Waals surface area contributed by atoms with Crippen molar-refractivity contribution in [2.45, 2.75) is 44.0 Å². The smallest absolute Gasteiger partial charge is 0.261 e. The molecule has 0 radical (unpaired) electrons. The van der Waals surface area contributed by atoms with Crippen molar-refractivity contribution in [1.29, 1.82) is 0 Å². The molecule has 21 heavy (non-hydrogen) atoms. The number of likely N-dealkylation sites (tertiary alicyclic amines) is 1. The van der Waals surface area contributed by atoms with Gasteiger partial charge >= 0.3 is 0 Å². The molecule has 1 aromatic rings. The van der Waals surface area contributed by atoms with Crippen LogP contribution in [0.5, 0.6) is 0 Å². The van der Waals surface area contributed by atoms with E-state index in [1.165, 1.54) is 12.1 Å². The van der Waals surface area contributed by atoms with Gasteiger partial charge in [0, 0.05) is 33.3 Å². The van der Waals surface area contributed by atoms with Crippen molar-refractivity contribution in [2.75, 3.05) is 6.54 Å². The van der Waals surface area contributed by atoms with E-state index in [1.807, 2.05) is 4.90 Å². The molecule has 1 aromatic carbocycles. The van der Waals surface area contributed by atoms with Gasteiger partial charge in [-0.1, -0.05) is 22.9 Å². The summed E-state index contributed by atoms with van der Waals surface area (Å²) in [5.41, 5.74) is 1.12. The molecule has 0 saturated carbocycles. The molecule has 1 fully saturated rings. The molecule has 0 aliphatic carbocycles. The quantitative estimate of drug-likeness (QED) is 0.735. The maximum atomic E-state index is 12.7. The maximum Gasteiger partial charge on any atom is 0.261 e. The lowest BCUT2D eigenvalue weighted by Crippen LogP contribution is -2.35. The highest BCUT2D eigenvalue weighted by molar-refractivity contribution is 9.10. The van der Waals surface area contributed by atoms with Crippen LogP contribution >= 0.6 is 26.6 Å². The van der Waals surface area contributed by atoms with Crippen molar-refractivity contribution in [3.05, 3.63) is 27.7 Å². The number of hydrogen-bond acceptors (Lipinski definition) is 3. The molecule has 0 bridgehead atoms. The van der Waals surface area contributed by atoms with Gasteiger partial charge in [-0.05, 0) is 43.9 Å². The number of rotatable bonds is 3. The molecule has 0 N–H and O–H groups in total. The van der Waals surface area contributed by atoms with Gasteiger partial charge in [0.15, 0.2) is 0 Å². The van der Waals surface area contributed by atoms with Crippen LogP contribution in [0.1, 0.15) is 42.1 Å². The summed E-state index contributed by atoms with van der Waals surface area (Å²) in [5, 5.41) is 0. The molecule has 1 atom stereocenters. The summed E-state index contributed by atoms with van der Waals surface area (Å²) < 4.78 is 23.6. The average molecular weight is 395 g/mol.